The van der Waals surface area contributed by atoms with Gasteiger partial charge in [0.05, 0.1) is 11.1 Å². The van der Waals surface area contributed by atoms with Crippen LogP contribution >= 0.6 is 11.6 Å². The van der Waals surface area contributed by atoms with Crippen molar-refractivity contribution >= 4 is 11.6 Å². The summed E-state index contributed by atoms with van der Waals surface area (Å²) in [5.74, 6) is 1.46. The van der Waals surface area contributed by atoms with Crippen LogP contribution in [0.4, 0.5) is 0 Å². The van der Waals surface area contributed by atoms with Gasteiger partial charge in [-0.2, -0.15) is 0 Å². The highest BCUT2D eigenvalue weighted by Crippen LogP contribution is 2.35. The number of piperidine rings is 1. The van der Waals surface area contributed by atoms with Gasteiger partial charge < -0.3 is 10.1 Å². The molecule has 0 unspecified atom stereocenters. The third-order valence-electron chi connectivity index (χ3n) is 3.46. The van der Waals surface area contributed by atoms with Crippen molar-refractivity contribution in [3.05, 3.63) is 28.3 Å². The van der Waals surface area contributed by atoms with E-state index in [0.717, 1.165) is 23.9 Å². The lowest BCUT2D eigenvalue weighted by atomic mass is 9.87. The second-order valence-electron chi connectivity index (χ2n) is 5.33. The highest BCUT2D eigenvalue weighted by atomic mass is 35.5. The van der Waals surface area contributed by atoms with Gasteiger partial charge in [0.1, 0.15) is 5.75 Å². The maximum absolute atomic E-state index is 6.25. The summed E-state index contributed by atoms with van der Waals surface area (Å²) in [5, 5.41) is 4.13. The van der Waals surface area contributed by atoms with Gasteiger partial charge in [0.2, 0.25) is 0 Å². The van der Waals surface area contributed by atoms with Crippen molar-refractivity contribution in [3.8, 4) is 5.75 Å². The molecule has 0 saturated carbocycles. The number of benzene rings is 1. The second-order valence-corrected chi connectivity index (χ2v) is 5.74. The van der Waals surface area contributed by atoms with Gasteiger partial charge in [0, 0.05) is 0 Å². The van der Waals surface area contributed by atoms with Crippen molar-refractivity contribution in [1.82, 2.24) is 5.32 Å². The van der Waals surface area contributed by atoms with Crippen LogP contribution in [-0.4, -0.2) is 19.2 Å². The van der Waals surface area contributed by atoms with Crippen molar-refractivity contribution in [2.75, 3.05) is 13.1 Å². The van der Waals surface area contributed by atoms with Gasteiger partial charge >= 0.3 is 0 Å². The monoisotopic (exact) mass is 267 g/mol. The molecule has 2 nitrogen and oxygen atoms in total. The quantitative estimate of drug-likeness (QED) is 0.897. The number of hydrogen-bond acceptors (Lipinski definition) is 2. The van der Waals surface area contributed by atoms with Crippen LogP contribution in [0.15, 0.2) is 12.1 Å². The molecule has 1 aliphatic heterocycles. The summed E-state index contributed by atoms with van der Waals surface area (Å²) in [4.78, 5) is 0. The molecule has 0 aromatic heterocycles. The zero-order chi connectivity index (χ0) is 13.1. The number of nitrogens with one attached hydrogen (secondary N) is 1. The van der Waals surface area contributed by atoms with Crippen molar-refractivity contribution in [3.63, 3.8) is 0 Å². The van der Waals surface area contributed by atoms with E-state index in [1.54, 1.807) is 0 Å². The average molecular weight is 268 g/mol. The average Bonchev–Trinajstić information content (AvgIpc) is 2.33. The second kappa shape index (κ2) is 5.94. The number of ether oxygens (including phenoxy) is 1. The molecule has 3 heteroatoms. The standard InChI is InChI=1S/C15H22ClNO/c1-10(2)18-15-9-13(11(3)8-14(15)16)12-4-6-17-7-5-12/h8-10,12,17H,4-7H2,1-3H3. The van der Waals surface area contributed by atoms with Gasteiger partial charge in [-0.25, -0.2) is 0 Å². The van der Waals surface area contributed by atoms with Gasteiger partial charge in [-0.3, -0.25) is 0 Å². The first kappa shape index (κ1) is 13.7. The van der Waals surface area contributed by atoms with Crippen LogP contribution in [0.5, 0.6) is 5.75 Å². The van der Waals surface area contributed by atoms with Crippen molar-refractivity contribution < 1.29 is 4.74 Å². The van der Waals surface area contributed by atoms with Crippen LogP contribution in [-0.2, 0) is 0 Å². The normalized spacial score (nSPS) is 17.2. The molecule has 0 bridgehead atoms. The Labute approximate surface area is 115 Å². The fraction of sp³-hybridized carbons (Fsp3) is 0.600. The Balaban J connectivity index is 2.28. The SMILES string of the molecule is Cc1cc(Cl)c(OC(C)C)cc1C1CCNCC1. The Morgan fingerprint density at radius 1 is 1.28 bits per heavy atom. The molecule has 1 fully saturated rings. The predicted molar refractivity (Wildman–Crippen MR) is 76.8 cm³/mol. The van der Waals surface area contributed by atoms with Crippen molar-refractivity contribution in [1.29, 1.82) is 0 Å². The Hall–Kier alpha value is -0.730. The highest BCUT2D eigenvalue weighted by Gasteiger charge is 2.19. The Bertz CT molecular complexity index is 411. The van der Waals surface area contributed by atoms with E-state index in [2.05, 4.69) is 18.3 Å². The molecule has 2 rings (SSSR count). The van der Waals surface area contributed by atoms with E-state index in [-0.39, 0.29) is 6.10 Å². The molecule has 0 amide bonds. The van der Waals surface area contributed by atoms with Crippen molar-refractivity contribution in [2.24, 2.45) is 0 Å². The largest absolute Gasteiger partial charge is 0.489 e. The van der Waals surface area contributed by atoms with E-state index in [4.69, 9.17) is 16.3 Å². The smallest absolute Gasteiger partial charge is 0.138 e. The molecule has 18 heavy (non-hydrogen) atoms. The first-order valence-corrected chi connectivity index (χ1v) is 7.13. The van der Waals surface area contributed by atoms with Crippen LogP contribution in [0.25, 0.3) is 0 Å². The first-order valence-electron chi connectivity index (χ1n) is 6.75. The molecule has 1 aromatic rings. The molecular formula is C15H22ClNO. The number of aryl methyl sites for hydroxylation is 1. The topological polar surface area (TPSA) is 21.3 Å². The Morgan fingerprint density at radius 3 is 2.56 bits per heavy atom. The van der Waals surface area contributed by atoms with Gasteiger partial charge in [-0.05, 0) is 75.9 Å². The zero-order valence-electron chi connectivity index (χ0n) is 11.4. The van der Waals surface area contributed by atoms with Crippen LogP contribution in [0, 0.1) is 6.92 Å². The molecule has 0 atom stereocenters. The van der Waals surface area contributed by atoms with E-state index in [0.29, 0.717) is 5.92 Å². The lowest BCUT2D eigenvalue weighted by Gasteiger charge is -2.25. The molecule has 0 aliphatic carbocycles. The van der Waals surface area contributed by atoms with E-state index >= 15 is 0 Å². The number of rotatable bonds is 3. The Morgan fingerprint density at radius 2 is 1.94 bits per heavy atom. The molecule has 1 saturated heterocycles. The van der Waals surface area contributed by atoms with Gasteiger partial charge in [0.15, 0.2) is 0 Å². The minimum absolute atomic E-state index is 0.158. The molecular weight excluding hydrogens is 246 g/mol. The van der Waals surface area contributed by atoms with E-state index in [1.807, 2.05) is 19.9 Å². The maximum Gasteiger partial charge on any atom is 0.138 e. The molecule has 1 heterocycles. The zero-order valence-corrected chi connectivity index (χ0v) is 12.2. The minimum Gasteiger partial charge on any atom is -0.489 e. The van der Waals surface area contributed by atoms with Crippen LogP contribution in [0.1, 0.15) is 43.7 Å². The minimum atomic E-state index is 0.158. The predicted octanol–water partition coefficient (Wildman–Crippen LogP) is 3.90. The summed E-state index contributed by atoms with van der Waals surface area (Å²) in [6.07, 6.45) is 2.55. The molecule has 1 aliphatic rings. The summed E-state index contributed by atoms with van der Waals surface area (Å²) in [5.41, 5.74) is 2.68. The lowest BCUT2D eigenvalue weighted by Crippen LogP contribution is -2.27. The number of halogens is 1. The summed E-state index contributed by atoms with van der Waals surface area (Å²) in [6, 6.07) is 4.18. The number of hydrogen-bond donors (Lipinski definition) is 1. The summed E-state index contributed by atoms with van der Waals surface area (Å²) in [7, 11) is 0. The Kier molecular flexibility index (Phi) is 4.52. The molecule has 100 valence electrons. The summed E-state index contributed by atoms with van der Waals surface area (Å²) < 4.78 is 5.78. The fourth-order valence-electron chi connectivity index (χ4n) is 2.59. The summed E-state index contributed by atoms with van der Waals surface area (Å²) in [6.45, 7) is 8.41. The van der Waals surface area contributed by atoms with Crippen molar-refractivity contribution in [2.45, 2.75) is 45.6 Å². The first-order chi connectivity index (χ1) is 8.58. The molecule has 0 spiro atoms. The third kappa shape index (κ3) is 3.18. The van der Waals surface area contributed by atoms with E-state index in [1.165, 1.54) is 24.0 Å². The summed E-state index contributed by atoms with van der Waals surface area (Å²) >= 11 is 6.25. The molecule has 1 N–H and O–H groups in total. The van der Waals surface area contributed by atoms with Gasteiger partial charge in [0.25, 0.3) is 0 Å². The van der Waals surface area contributed by atoms with E-state index in [9.17, 15) is 0 Å². The molecule has 1 aromatic carbocycles. The van der Waals surface area contributed by atoms with Gasteiger partial charge in [-0.1, -0.05) is 11.6 Å². The maximum atomic E-state index is 6.25. The lowest BCUT2D eigenvalue weighted by molar-refractivity contribution is 0.242. The van der Waals surface area contributed by atoms with Crippen LogP contribution in [0.2, 0.25) is 5.02 Å². The fourth-order valence-corrected chi connectivity index (χ4v) is 2.85. The van der Waals surface area contributed by atoms with Gasteiger partial charge in [-0.15, -0.1) is 0 Å². The van der Waals surface area contributed by atoms with E-state index < -0.39 is 0 Å². The van der Waals surface area contributed by atoms with Crippen LogP contribution in [0.3, 0.4) is 0 Å². The molecule has 0 radical (unpaired) electrons. The highest BCUT2D eigenvalue weighted by molar-refractivity contribution is 6.32. The third-order valence-corrected chi connectivity index (χ3v) is 3.76. The van der Waals surface area contributed by atoms with Crippen LogP contribution < -0.4 is 10.1 Å².